The van der Waals surface area contributed by atoms with Crippen molar-refractivity contribution >= 4 is 44.9 Å². The van der Waals surface area contributed by atoms with Crippen LogP contribution in [0.5, 0.6) is 0 Å². The molecule has 0 unspecified atom stereocenters. The summed E-state index contributed by atoms with van der Waals surface area (Å²) in [6, 6.07) is 10.8. The Balaban J connectivity index is 1.70. The molecule has 0 aliphatic carbocycles. The maximum absolute atomic E-state index is 12.8. The summed E-state index contributed by atoms with van der Waals surface area (Å²) in [7, 11) is -3.69. The van der Waals surface area contributed by atoms with E-state index >= 15 is 0 Å². The van der Waals surface area contributed by atoms with Crippen LogP contribution in [0, 0.1) is 0 Å². The second kappa shape index (κ2) is 9.11. The van der Waals surface area contributed by atoms with Gasteiger partial charge in [0, 0.05) is 24.7 Å². The number of rotatable bonds is 5. The number of morpholine rings is 1. The van der Waals surface area contributed by atoms with Crippen LogP contribution in [0.3, 0.4) is 0 Å². The zero-order valence-corrected chi connectivity index (χ0v) is 17.1. The van der Waals surface area contributed by atoms with Crippen molar-refractivity contribution in [1.82, 2.24) is 9.62 Å². The van der Waals surface area contributed by atoms with Crippen LogP contribution in [0.25, 0.3) is 0 Å². The molecule has 2 amide bonds. The molecule has 150 valence electrons. The fourth-order valence-corrected chi connectivity index (χ4v) is 4.50. The fraction of sp³-hybridized carbons (Fsp3) is 0.278. The van der Waals surface area contributed by atoms with Crippen molar-refractivity contribution in [3.8, 4) is 0 Å². The highest BCUT2D eigenvalue weighted by atomic mass is 35.5. The van der Waals surface area contributed by atoms with Gasteiger partial charge in [-0.2, -0.15) is 4.31 Å². The molecule has 2 aromatic carbocycles. The van der Waals surface area contributed by atoms with Crippen LogP contribution < -0.4 is 10.6 Å². The predicted molar refractivity (Wildman–Crippen MR) is 108 cm³/mol. The number of urea groups is 1. The van der Waals surface area contributed by atoms with Gasteiger partial charge in [-0.05, 0) is 35.9 Å². The number of carbonyl (C=O) groups excluding carboxylic acids is 1. The number of halogens is 2. The number of carbonyl (C=O) groups is 1. The lowest BCUT2D eigenvalue weighted by Crippen LogP contribution is -2.40. The molecule has 28 heavy (non-hydrogen) atoms. The Kier molecular flexibility index (Phi) is 6.79. The summed E-state index contributed by atoms with van der Waals surface area (Å²) in [5, 5.41) is 6.08. The molecule has 10 heteroatoms. The van der Waals surface area contributed by atoms with Crippen molar-refractivity contribution in [2.75, 3.05) is 31.6 Å². The van der Waals surface area contributed by atoms with Crippen molar-refractivity contribution < 1.29 is 17.9 Å². The van der Waals surface area contributed by atoms with E-state index in [1.165, 1.54) is 22.5 Å². The number of hydrogen-bond donors (Lipinski definition) is 2. The number of benzene rings is 2. The number of nitrogens with zero attached hydrogens (tertiary/aromatic N) is 1. The third kappa shape index (κ3) is 5.15. The van der Waals surface area contributed by atoms with Gasteiger partial charge in [0.2, 0.25) is 10.0 Å². The van der Waals surface area contributed by atoms with Gasteiger partial charge in [-0.25, -0.2) is 13.2 Å². The predicted octanol–water partition coefficient (Wildman–Crippen LogP) is 3.34. The maximum atomic E-state index is 12.8. The molecule has 1 heterocycles. The van der Waals surface area contributed by atoms with E-state index < -0.39 is 16.1 Å². The summed E-state index contributed by atoms with van der Waals surface area (Å²) >= 11 is 12.0. The first-order valence-corrected chi connectivity index (χ1v) is 10.7. The first-order chi connectivity index (χ1) is 13.4. The van der Waals surface area contributed by atoms with E-state index in [0.717, 1.165) is 5.56 Å². The quantitative estimate of drug-likeness (QED) is 0.741. The molecule has 1 saturated heterocycles. The highest BCUT2D eigenvalue weighted by Gasteiger charge is 2.27. The highest BCUT2D eigenvalue weighted by molar-refractivity contribution is 7.89. The molecule has 2 N–H and O–H groups in total. The zero-order valence-electron chi connectivity index (χ0n) is 14.8. The zero-order chi connectivity index (χ0) is 20.1. The van der Waals surface area contributed by atoms with Crippen molar-refractivity contribution in [2.24, 2.45) is 0 Å². The molecule has 3 rings (SSSR count). The Labute approximate surface area is 173 Å². The number of hydrogen-bond acceptors (Lipinski definition) is 4. The summed E-state index contributed by atoms with van der Waals surface area (Å²) < 4.78 is 32.1. The lowest BCUT2D eigenvalue weighted by Gasteiger charge is -2.26. The molecule has 1 aliphatic heterocycles. The van der Waals surface area contributed by atoms with Crippen molar-refractivity contribution in [3.63, 3.8) is 0 Å². The van der Waals surface area contributed by atoms with Gasteiger partial charge in [-0.15, -0.1) is 0 Å². The monoisotopic (exact) mass is 443 g/mol. The molecule has 1 fully saturated rings. The Morgan fingerprint density at radius 1 is 1.11 bits per heavy atom. The average Bonchev–Trinajstić information content (AvgIpc) is 2.69. The van der Waals surface area contributed by atoms with Crippen LogP contribution in [0.2, 0.25) is 10.0 Å². The number of sulfonamides is 1. The summed E-state index contributed by atoms with van der Waals surface area (Å²) in [6.45, 7) is 1.53. The van der Waals surface area contributed by atoms with E-state index in [1.54, 1.807) is 18.2 Å². The van der Waals surface area contributed by atoms with Gasteiger partial charge in [-0.3, -0.25) is 0 Å². The molecule has 7 nitrogen and oxygen atoms in total. The SMILES string of the molecule is O=C(NCc1cccc(Cl)c1)Nc1cc(S(=O)(=O)N2CCOCC2)ccc1Cl. The first-order valence-electron chi connectivity index (χ1n) is 8.53. The van der Waals surface area contributed by atoms with Crippen LogP contribution in [0.1, 0.15) is 5.56 Å². The average molecular weight is 444 g/mol. The molecular weight excluding hydrogens is 425 g/mol. The summed E-state index contributed by atoms with van der Waals surface area (Å²) in [5.41, 5.74) is 1.04. The third-order valence-corrected chi connectivity index (χ3v) is 6.60. The molecule has 0 radical (unpaired) electrons. The van der Waals surface area contributed by atoms with Gasteiger partial charge in [0.15, 0.2) is 0 Å². The lowest BCUT2D eigenvalue weighted by molar-refractivity contribution is 0.0730. The summed E-state index contributed by atoms with van der Waals surface area (Å²) in [4.78, 5) is 12.3. The third-order valence-electron chi connectivity index (χ3n) is 4.14. The van der Waals surface area contributed by atoms with E-state index in [2.05, 4.69) is 10.6 Å². The standard InChI is InChI=1S/C18H19Cl2N3O4S/c19-14-3-1-2-13(10-14)12-21-18(24)22-17-11-15(4-5-16(17)20)28(25,26)23-6-8-27-9-7-23/h1-5,10-11H,6-9,12H2,(H2,21,22,24). The van der Waals surface area contributed by atoms with Gasteiger partial charge in [0.1, 0.15) is 0 Å². The van der Waals surface area contributed by atoms with Crippen molar-refractivity contribution in [3.05, 3.63) is 58.1 Å². The maximum Gasteiger partial charge on any atom is 0.319 e. The second-order valence-electron chi connectivity index (χ2n) is 6.10. The molecule has 0 atom stereocenters. The molecule has 0 spiro atoms. The van der Waals surface area contributed by atoms with E-state index in [1.807, 2.05) is 6.07 Å². The molecule has 1 aliphatic rings. The smallest absolute Gasteiger partial charge is 0.319 e. The molecule has 0 saturated carbocycles. The lowest BCUT2D eigenvalue weighted by atomic mass is 10.2. The van der Waals surface area contributed by atoms with Crippen LogP contribution in [-0.4, -0.2) is 45.1 Å². The minimum Gasteiger partial charge on any atom is -0.379 e. The van der Waals surface area contributed by atoms with E-state index in [-0.39, 0.29) is 35.2 Å². The fourth-order valence-electron chi connectivity index (χ4n) is 2.69. The molecule has 0 aromatic heterocycles. The van der Waals surface area contributed by atoms with Crippen LogP contribution in [0.15, 0.2) is 47.4 Å². The van der Waals surface area contributed by atoms with Gasteiger partial charge in [0.05, 0.1) is 28.8 Å². The van der Waals surface area contributed by atoms with E-state index in [4.69, 9.17) is 27.9 Å². The van der Waals surface area contributed by atoms with Gasteiger partial charge in [0.25, 0.3) is 0 Å². The van der Waals surface area contributed by atoms with Crippen molar-refractivity contribution in [1.29, 1.82) is 0 Å². The molecule has 2 aromatic rings. The number of amides is 2. The Morgan fingerprint density at radius 3 is 2.57 bits per heavy atom. The molecular formula is C18H19Cl2N3O4S. The number of anilines is 1. The first kappa shape index (κ1) is 20.9. The number of nitrogens with one attached hydrogen (secondary N) is 2. The van der Waals surface area contributed by atoms with Gasteiger partial charge < -0.3 is 15.4 Å². The Hall–Kier alpha value is -1.84. The van der Waals surface area contributed by atoms with E-state index in [9.17, 15) is 13.2 Å². The van der Waals surface area contributed by atoms with Gasteiger partial charge in [-0.1, -0.05) is 35.3 Å². The normalized spacial score (nSPS) is 15.2. The van der Waals surface area contributed by atoms with E-state index in [0.29, 0.717) is 18.2 Å². The topological polar surface area (TPSA) is 87.7 Å². The Bertz CT molecular complexity index is 963. The minimum atomic E-state index is -3.69. The van der Waals surface area contributed by atoms with Crippen LogP contribution in [-0.2, 0) is 21.3 Å². The number of ether oxygens (including phenoxy) is 1. The Morgan fingerprint density at radius 2 is 1.86 bits per heavy atom. The summed E-state index contributed by atoms with van der Waals surface area (Å²) in [6.07, 6.45) is 0. The minimum absolute atomic E-state index is 0.0592. The largest absolute Gasteiger partial charge is 0.379 e. The summed E-state index contributed by atoms with van der Waals surface area (Å²) in [5.74, 6) is 0. The van der Waals surface area contributed by atoms with Crippen molar-refractivity contribution in [2.45, 2.75) is 11.4 Å². The second-order valence-corrected chi connectivity index (χ2v) is 8.88. The van der Waals surface area contributed by atoms with Gasteiger partial charge >= 0.3 is 6.03 Å². The highest BCUT2D eigenvalue weighted by Crippen LogP contribution is 2.27. The molecule has 0 bridgehead atoms. The van der Waals surface area contributed by atoms with Crippen LogP contribution in [0.4, 0.5) is 10.5 Å². The van der Waals surface area contributed by atoms with Crippen LogP contribution >= 0.6 is 23.2 Å².